The van der Waals surface area contributed by atoms with Gasteiger partial charge in [-0.15, -0.1) is 0 Å². The monoisotopic (exact) mass is 261 g/mol. The molecule has 3 N–H and O–H groups in total. The Kier molecular flexibility index (Phi) is 8.27. The van der Waals surface area contributed by atoms with Crippen LogP contribution >= 0.6 is 11.8 Å². The second-order valence-electron chi connectivity index (χ2n) is 4.91. The van der Waals surface area contributed by atoms with Crippen LogP contribution in [0.1, 0.15) is 45.4 Å². The average Bonchev–Trinajstić information content (AvgIpc) is 2.58. The summed E-state index contributed by atoms with van der Waals surface area (Å²) in [4.78, 5) is 0. The molecule has 1 rings (SSSR count). The lowest BCUT2D eigenvalue weighted by Crippen LogP contribution is -2.38. The first kappa shape index (κ1) is 15.3. The highest BCUT2D eigenvalue weighted by atomic mass is 32.2. The van der Waals surface area contributed by atoms with Crippen LogP contribution in [0.3, 0.4) is 0 Å². The largest absolute Gasteiger partial charge is 0.394 e. The lowest BCUT2D eigenvalue weighted by molar-refractivity contribution is 0.113. The molecule has 1 aliphatic rings. The molecule has 1 aliphatic carbocycles. The molecular formula is C13H27NO2S. The fourth-order valence-electron chi connectivity index (χ4n) is 2.32. The summed E-state index contributed by atoms with van der Waals surface area (Å²) in [6.45, 7) is 3.17. The Labute approximate surface area is 109 Å². The van der Waals surface area contributed by atoms with Crippen molar-refractivity contribution in [3.63, 3.8) is 0 Å². The van der Waals surface area contributed by atoms with E-state index in [0.29, 0.717) is 17.0 Å². The Morgan fingerprint density at radius 2 is 2.06 bits per heavy atom. The molecular weight excluding hydrogens is 234 g/mol. The van der Waals surface area contributed by atoms with Crippen LogP contribution in [0, 0.1) is 0 Å². The minimum atomic E-state index is -0.560. The first-order valence-corrected chi connectivity index (χ1v) is 7.96. The molecule has 4 heteroatoms. The molecule has 102 valence electrons. The summed E-state index contributed by atoms with van der Waals surface area (Å²) in [5.74, 6) is 0.658. The van der Waals surface area contributed by atoms with Crippen molar-refractivity contribution >= 4 is 11.8 Å². The van der Waals surface area contributed by atoms with Gasteiger partial charge in [-0.25, -0.2) is 0 Å². The summed E-state index contributed by atoms with van der Waals surface area (Å²) in [6.07, 6.45) is 7.07. The van der Waals surface area contributed by atoms with Crippen molar-refractivity contribution in [2.75, 3.05) is 18.9 Å². The maximum atomic E-state index is 9.43. The SMILES string of the molecule is CCCNC1CCCCCC1SCC(O)CO. The van der Waals surface area contributed by atoms with Crippen molar-refractivity contribution in [1.82, 2.24) is 5.32 Å². The summed E-state index contributed by atoms with van der Waals surface area (Å²) in [7, 11) is 0. The molecule has 1 saturated carbocycles. The number of rotatable bonds is 7. The third-order valence-corrected chi connectivity index (χ3v) is 4.89. The van der Waals surface area contributed by atoms with Gasteiger partial charge in [-0.3, -0.25) is 0 Å². The van der Waals surface area contributed by atoms with E-state index in [1.807, 2.05) is 11.8 Å². The topological polar surface area (TPSA) is 52.5 Å². The summed E-state index contributed by atoms with van der Waals surface area (Å²) < 4.78 is 0. The standard InChI is InChI=1S/C13H27NO2S/c1-2-8-14-12-6-4-3-5-7-13(12)17-10-11(16)9-15/h11-16H,2-10H2,1H3. The van der Waals surface area contributed by atoms with E-state index in [0.717, 1.165) is 6.54 Å². The molecule has 0 spiro atoms. The minimum absolute atomic E-state index is 0.118. The predicted molar refractivity (Wildman–Crippen MR) is 74.5 cm³/mol. The third-order valence-electron chi connectivity index (χ3n) is 3.32. The van der Waals surface area contributed by atoms with Crippen molar-refractivity contribution in [2.45, 2.75) is 62.8 Å². The van der Waals surface area contributed by atoms with Crippen molar-refractivity contribution in [1.29, 1.82) is 0 Å². The lowest BCUT2D eigenvalue weighted by Gasteiger charge is -2.26. The van der Waals surface area contributed by atoms with Crippen LogP contribution in [0.25, 0.3) is 0 Å². The molecule has 1 fully saturated rings. The highest BCUT2D eigenvalue weighted by Gasteiger charge is 2.24. The Bertz CT molecular complexity index is 192. The van der Waals surface area contributed by atoms with Crippen LogP contribution in [-0.4, -0.2) is 46.5 Å². The highest BCUT2D eigenvalue weighted by molar-refractivity contribution is 8.00. The van der Waals surface area contributed by atoms with Crippen LogP contribution in [0.4, 0.5) is 0 Å². The van der Waals surface area contributed by atoms with Crippen LogP contribution in [0.2, 0.25) is 0 Å². The molecule has 0 aromatic heterocycles. The molecule has 3 atom stereocenters. The normalized spacial score (nSPS) is 27.7. The molecule has 3 unspecified atom stereocenters. The van der Waals surface area contributed by atoms with E-state index in [1.54, 1.807) is 0 Å². The number of nitrogens with one attached hydrogen (secondary N) is 1. The quantitative estimate of drug-likeness (QED) is 0.611. The molecule has 0 radical (unpaired) electrons. The second-order valence-corrected chi connectivity index (χ2v) is 6.18. The molecule has 0 aromatic carbocycles. The van der Waals surface area contributed by atoms with E-state index in [-0.39, 0.29) is 6.61 Å². The van der Waals surface area contributed by atoms with Crippen LogP contribution in [0.5, 0.6) is 0 Å². The highest BCUT2D eigenvalue weighted by Crippen LogP contribution is 2.28. The second kappa shape index (κ2) is 9.20. The summed E-state index contributed by atoms with van der Waals surface area (Å²) in [5, 5.41) is 22.5. The van der Waals surface area contributed by atoms with Crippen LogP contribution in [-0.2, 0) is 0 Å². The van der Waals surface area contributed by atoms with E-state index < -0.39 is 6.10 Å². The minimum Gasteiger partial charge on any atom is -0.394 e. The van der Waals surface area contributed by atoms with Crippen molar-refractivity contribution < 1.29 is 10.2 Å². The number of aliphatic hydroxyl groups is 2. The van der Waals surface area contributed by atoms with Gasteiger partial charge in [0.2, 0.25) is 0 Å². The van der Waals surface area contributed by atoms with E-state index in [2.05, 4.69) is 12.2 Å². The van der Waals surface area contributed by atoms with Crippen molar-refractivity contribution in [2.24, 2.45) is 0 Å². The molecule has 0 bridgehead atoms. The lowest BCUT2D eigenvalue weighted by atomic mass is 10.1. The fraction of sp³-hybridized carbons (Fsp3) is 1.00. The zero-order valence-corrected chi connectivity index (χ0v) is 11.7. The zero-order chi connectivity index (χ0) is 12.5. The molecule has 0 aliphatic heterocycles. The molecule has 0 aromatic rings. The maximum Gasteiger partial charge on any atom is 0.0861 e. The smallest absolute Gasteiger partial charge is 0.0861 e. The Hall–Kier alpha value is 0.230. The maximum absolute atomic E-state index is 9.43. The van der Waals surface area contributed by atoms with Gasteiger partial charge in [0.05, 0.1) is 12.7 Å². The molecule has 0 amide bonds. The summed E-state index contributed by atoms with van der Waals surface area (Å²) in [5.41, 5.74) is 0. The molecule has 17 heavy (non-hydrogen) atoms. The number of thioether (sulfide) groups is 1. The van der Waals surface area contributed by atoms with Gasteiger partial charge in [0.1, 0.15) is 0 Å². The number of hydrogen-bond donors (Lipinski definition) is 3. The Morgan fingerprint density at radius 3 is 2.76 bits per heavy atom. The van der Waals surface area contributed by atoms with E-state index in [1.165, 1.54) is 38.5 Å². The van der Waals surface area contributed by atoms with E-state index in [9.17, 15) is 5.11 Å². The zero-order valence-electron chi connectivity index (χ0n) is 10.9. The van der Waals surface area contributed by atoms with E-state index >= 15 is 0 Å². The molecule has 3 nitrogen and oxygen atoms in total. The Morgan fingerprint density at radius 1 is 1.29 bits per heavy atom. The molecule has 0 saturated heterocycles. The van der Waals surface area contributed by atoms with Crippen LogP contribution < -0.4 is 5.32 Å². The number of aliphatic hydroxyl groups excluding tert-OH is 2. The van der Waals surface area contributed by atoms with Gasteiger partial charge in [-0.2, -0.15) is 11.8 Å². The molecule has 0 heterocycles. The first-order valence-electron chi connectivity index (χ1n) is 6.91. The van der Waals surface area contributed by atoms with Crippen LogP contribution in [0.15, 0.2) is 0 Å². The van der Waals surface area contributed by atoms with Gasteiger partial charge in [0, 0.05) is 17.0 Å². The summed E-state index contributed by atoms with van der Waals surface area (Å²) in [6, 6.07) is 0.591. The van der Waals surface area contributed by atoms with Crippen molar-refractivity contribution in [3.8, 4) is 0 Å². The van der Waals surface area contributed by atoms with E-state index in [4.69, 9.17) is 5.11 Å². The van der Waals surface area contributed by atoms with Gasteiger partial charge in [0.25, 0.3) is 0 Å². The number of hydrogen-bond acceptors (Lipinski definition) is 4. The Balaban J connectivity index is 2.38. The van der Waals surface area contributed by atoms with Crippen molar-refractivity contribution in [3.05, 3.63) is 0 Å². The van der Waals surface area contributed by atoms with Gasteiger partial charge in [-0.05, 0) is 25.8 Å². The van der Waals surface area contributed by atoms with Gasteiger partial charge in [0.15, 0.2) is 0 Å². The van der Waals surface area contributed by atoms with Gasteiger partial charge in [-0.1, -0.05) is 26.2 Å². The van der Waals surface area contributed by atoms with Gasteiger partial charge < -0.3 is 15.5 Å². The third kappa shape index (κ3) is 6.09. The predicted octanol–water partition coefficient (Wildman–Crippen LogP) is 1.77. The summed E-state index contributed by atoms with van der Waals surface area (Å²) >= 11 is 1.83. The van der Waals surface area contributed by atoms with Gasteiger partial charge >= 0.3 is 0 Å². The fourth-order valence-corrected chi connectivity index (χ4v) is 3.70. The first-order chi connectivity index (χ1) is 8.27. The average molecular weight is 261 g/mol.